The van der Waals surface area contributed by atoms with Crippen LogP contribution in [0.5, 0.6) is 5.75 Å². The van der Waals surface area contributed by atoms with Crippen LogP contribution in [0.2, 0.25) is 36.3 Å². The van der Waals surface area contributed by atoms with Crippen molar-refractivity contribution in [1.29, 1.82) is 0 Å². The highest BCUT2D eigenvalue weighted by atomic mass is 31.2. The normalized spacial score (nSPS) is 22.9. The fourth-order valence-corrected chi connectivity index (χ4v) is 10.1. The average Bonchev–Trinajstić information content (AvgIpc) is 3.64. The van der Waals surface area contributed by atoms with E-state index in [4.69, 9.17) is 33.1 Å². The molecule has 1 aliphatic rings. The number of fused-ring (bicyclic) bond motifs is 1. The number of rotatable bonds is 17. The van der Waals surface area contributed by atoms with E-state index in [0.717, 1.165) is 12.8 Å². The number of nitrogens with one attached hydrogen (secondary N) is 1. The highest BCUT2D eigenvalue weighted by Crippen LogP contribution is 2.52. The summed E-state index contributed by atoms with van der Waals surface area (Å²) in [6.45, 7) is 29.6. The Morgan fingerprint density at radius 2 is 1.60 bits per heavy atom. The van der Waals surface area contributed by atoms with Gasteiger partial charge in [-0.05, 0) is 80.3 Å². The Bertz CT molecular complexity index is 1790. The summed E-state index contributed by atoms with van der Waals surface area (Å²) in [5.41, 5.74) is 6.48. The number of nitrogen functional groups attached to an aromatic ring is 1. The smallest absolute Gasteiger partial charge is 0.459 e. The number of nitrogens with two attached hydrogens (primary N) is 1. The number of anilines is 1. The summed E-state index contributed by atoms with van der Waals surface area (Å²) < 4.78 is 56.3. The lowest BCUT2D eigenvalue weighted by Crippen LogP contribution is -2.56. The minimum absolute atomic E-state index is 0.153. The third kappa shape index (κ3) is 10.3. The summed E-state index contributed by atoms with van der Waals surface area (Å²) in [5.74, 6) is 0.309. The van der Waals surface area contributed by atoms with E-state index in [0.29, 0.717) is 22.8 Å². The molecule has 0 bridgehead atoms. The first-order valence-electron chi connectivity index (χ1n) is 19.4. The largest absolute Gasteiger partial charge is 0.464 e. The van der Waals surface area contributed by atoms with Crippen LogP contribution in [0.3, 0.4) is 0 Å². The zero-order valence-corrected chi connectivity index (χ0v) is 38.4. The maximum atomic E-state index is 14.8. The third-order valence-electron chi connectivity index (χ3n) is 11.8. The fraction of sp³-hybridized carbons (Fsp3) is 0.667. The quantitative estimate of drug-likeness (QED) is 0.0759. The van der Waals surface area contributed by atoms with Gasteiger partial charge in [-0.3, -0.25) is 9.32 Å². The molecule has 3 aromatic rings. The Morgan fingerprint density at radius 1 is 1.00 bits per heavy atom. The van der Waals surface area contributed by atoms with Crippen molar-refractivity contribution < 1.29 is 36.7 Å². The Balaban J connectivity index is 1.79. The van der Waals surface area contributed by atoms with Crippen molar-refractivity contribution in [2.24, 2.45) is 5.92 Å². The van der Waals surface area contributed by atoms with Crippen LogP contribution in [0, 0.1) is 5.92 Å². The van der Waals surface area contributed by atoms with Crippen molar-refractivity contribution in [2.45, 2.75) is 148 Å². The minimum Gasteiger partial charge on any atom is -0.464 e. The van der Waals surface area contributed by atoms with Gasteiger partial charge in [0, 0.05) is 0 Å². The van der Waals surface area contributed by atoms with Crippen LogP contribution >= 0.6 is 7.75 Å². The Morgan fingerprint density at radius 3 is 2.18 bits per heavy atom. The van der Waals surface area contributed by atoms with E-state index in [1.807, 2.05) is 25.1 Å². The predicted molar refractivity (Wildman–Crippen MR) is 222 cm³/mol. The van der Waals surface area contributed by atoms with Gasteiger partial charge in [-0.1, -0.05) is 86.4 Å². The summed E-state index contributed by atoms with van der Waals surface area (Å²) >= 11 is 0. The monoisotopic (exact) mass is 819 g/mol. The van der Waals surface area contributed by atoms with Gasteiger partial charge in [0.05, 0.1) is 18.9 Å². The number of ether oxygens (including phenoxy) is 2. The molecule has 1 aromatic carbocycles. The molecule has 0 spiro atoms. The summed E-state index contributed by atoms with van der Waals surface area (Å²) in [6, 6.07) is 11.5. The number of nitrogens with zero attached hydrogens (tertiary/aromatic N) is 3. The maximum absolute atomic E-state index is 14.8. The molecule has 13 nitrogen and oxygen atoms in total. The molecule has 4 rings (SSSR count). The van der Waals surface area contributed by atoms with Gasteiger partial charge in [0.15, 0.2) is 22.5 Å². The fourth-order valence-electron chi connectivity index (χ4n) is 5.97. The van der Waals surface area contributed by atoms with Crippen molar-refractivity contribution in [1.82, 2.24) is 19.7 Å². The van der Waals surface area contributed by atoms with Gasteiger partial charge in [0.2, 0.25) is 0 Å². The van der Waals surface area contributed by atoms with E-state index in [1.54, 1.807) is 35.7 Å². The number of carbonyl (C=O) groups excluding carboxylic acids is 1. The number of hydrogen-bond acceptors (Lipinski definition) is 11. The second-order valence-electron chi connectivity index (χ2n) is 17.9. The van der Waals surface area contributed by atoms with Gasteiger partial charge >= 0.3 is 13.7 Å². The van der Waals surface area contributed by atoms with Gasteiger partial charge in [-0.2, -0.15) is 10.2 Å². The minimum atomic E-state index is -4.26. The van der Waals surface area contributed by atoms with Gasteiger partial charge in [-0.25, -0.2) is 14.1 Å². The van der Waals surface area contributed by atoms with Gasteiger partial charge in [-0.15, -0.1) is 0 Å². The van der Waals surface area contributed by atoms with E-state index < -0.39 is 60.3 Å². The lowest BCUT2D eigenvalue weighted by molar-refractivity contribution is -0.146. The SMILES string of the molecule is CCC(CC)COC(=O)[C@H](C)NP(=O)(OCC1O[C@@](C)(c2ccc3c(N)ncnn23)C(O[Si](C)(C)C(C)(C)C)C1O[Si](C)(C)C(C)(C)C)Oc1ccccc1. The molecule has 1 saturated heterocycles. The molecule has 0 saturated carbocycles. The number of para-hydroxylation sites is 1. The van der Waals surface area contributed by atoms with Crippen LogP contribution in [0.4, 0.5) is 5.82 Å². The maximum Gasteiger partial charge on any atom is 0.459 e. The molecule has 16 heteroatoms. The molecule has 1 fully saturated rings. The third-order valence-corrected chi connectivity index (χ3v) is 22.3. The van der Waals surface area contributed by atoms with E-state index >= 15 is 0 Å². The first kappa shape index (κ1) is 45.1. The van der Waals surface area contributed by atoms with E-state index in [2.05, 4.69) is 96.7 Å². The summed E-state index contributed by atoms with van der Waals surface area (Å²) in [6.07, 6.45) is 1.05. The van der Waals surface area contributed by atoms with Gasteiger partial charge < -0.3 is 28.6 Å². The molecule has 0 amide bonds. The average molecular weight is 820 g/mol. The van der Waals surface area contributed by atoms with Crippen LogP contribution in [0.1, 0.15) is 87.8 Å². The van der Waals surface area contributed by atoms with Gasteiger partial charge in [0.1, 0.15) is 47.5 Å². The first-order valence-corrected chi connectivity index (χ1v) is 26.8. The molecular weight excluding hydrogens is 754 g/mol. The molecule has 3 heterocycles. The first-order chi connectivity index (χ1) is 25.4. The molecule has 308 valence electrons. The predicted octanol–water partition coefficient (Wildman–Crippen LogP) is 8.87. The Hall–Kier alpha value is -2.63. The number of carbonyl (C=O) groups is 1. The number of hydrogen-bond donors (Lipinski definition) is 2. The van der Waals surface area contributed by atoms with Crippen molar-refractivity contribution in [3.05, 3.63) is 54.5 Å². The highest BCUT2D eigenvalue weighted by molar-refractivity contribution is 7.52. The zero-order valence-electron chi connectivity index (χ0n) is 35.5. The summed E-state index contributed by atoms with van der Waals surface area (Å²) in [7, 11) is -9.28. The lowest BCUT2D eigenvalue weighted by atomic mass is 9.93. The molecule has 0 aliphatic carbocycles. The van der Waals surface area contributed by atoms with E-state index in [-0.39, 0.29) is 29.2 Å². The molecule has 55 heavy (non-hydrogen) atoms. The number of esters is 1. The van der Waals surface area contributed by atoms with Crippen LogP contribution in [0.15, 0.2) is 48.8 Å². The van der Waals surface area contributed by atoms with Gasteiger partial charge in [0.25, 0.3) is 0 Å². The van der Waals surface area contributed by atoms with E-state index in [9.17, 15) is 9.36 Å². The molecule has 1 aliphatic heterocycles. The Labute approximate surface area is 330 Å². The second-order valence-corrected chi connectivity index (χ2v) is 29.1. The van der Waals surface area contributed by atoms with Crippen LogP contribution in [-0.4, -0.2) is 74.8 Å². The number of benzene rings is 1. The number of aromatic nitrogens is 3. The second kappa shape index (κ2) is 17.1. The van der Waals surface area contributed by atoms with Crippen LogP contribution in [-0.2, 0) is 37.8 Å². The molecule has 0 radical (unpaired) electrons. The van der Waals surface area contributed by atoms with Crippen molar-refractivity contribution in [3.63, 3.8) is 0 Å². The summed E-state index contributed by atoms with van der Waals surface area (Å²) in [4.78, 5) is 17.4. The Kier molecular flexibility index (Phi) is 14.0. The molecule has 2 aromatic heterocycles. The highest BCUT2D eigenvalue weighted by Gasteiger charge is 2.60. The van der Waals surface area contributed by atoms with Crippen molar-refractivity contribution in [2.75, 3.05) is 18.9 Å². The molecule has 4 unspecified atom stereocenters. The molecular formula is C39H66N5O8PSi2. The van der Waals surface area contributed by atoms with Crippen molar-refractivity contribution in [3.8, 4) is 5.75 Å². The summed E-state index contributed by atoms with van der Waals surface area (Å²) in [5, 5.41) is 7.10. The molecule has 6 atom stereocenters. The van der Waals surface area contributed by atoms with Crippen LogP contribution < -0.4 is 15.3 Å². The van der Waals surface area contributed by atoms with Crippen molar-refractivity contribution >= 4 is 41.7 Å². The molecule has 3 N–H and O–H groups in total. The topological polar surface area (TPSA) is 158 Å². The zero-order chi connectivity index (χ0) is 41.2. The van der Waals surface area contributed by atoms with E-state index in [1.165, 1.54) is 6.33 Å². The van der Waals surface area contributed by atoms with Crippen LogP contribution in [0.25, 0.3) is 5.52 Å². The lowest BCUT2D eigenvalue weighted by Gasteiger charge is -2.45. The standard InChI is InChI=1S/C39H66N5O8PSi2/c1-15-28(16-2)24-47-36(45)27(3)43-53(46,50-29-20-18-17-19-21-29)48-25-31-33(51-54(11,12)37(4,5)6)34(52-55(13,14)38(7,8)9)39(10,49-31)32-23-22-30-35(40)41-26-42-44(30)32/h17-23,26-28,31,33-34H,15-16,24-25H2,1-14H3,(H,43,46)(H2,40,41,42)/t27-,31?,33?,34?,39-,53?/m0/s1.